The van der Waals surface area contributed by atoms with E-state index in [-0.39, 0.29) is 16.9 Å². The van der Waals surface area contributed by atoms with Crippen LogP contribution in [0.1, 0.15) is 0 Å². The smallest absolute Gasteiger partial charge is 0.186 e. The highest BCUT2D eigenvalue weighted by Crippen LogP contribution is 2.53. The first-order valence-corrected chi connectivity index (χ1v) is 21.7. The lowest BCUT2D eigenvalue weighted by Crippen LogP contribution is -2.17. The molecule has 5 nitrogen and oxygen atoms in total. The van der Waals surface area contributed by atoms with Crippen LogP contribution in [0.2, 0.25) is 0 Å². The maximum absolute atomic E-state index is 17.0. The van der Waals surface area contributed by atoms with Gasteiger partial charge in [-0.15, -0.1) is 0 Å². The van der Waals surface area contributed by atoms with Crippen LogP contribution in [0, 0.1) is 23.3 Å². The van der Waals surface area contributed by atoms with Gasteiger partial charge in [0, 0.05) is 49.9 Å². The molecule has 67 heavy (non-hydrogen) atoms. The normalized spacial score (nSPS) is 12.0. The van der Waals surface area contributed by atoms with Crippen molar-refractivity contribution in [1.82, 2.24) is 0 Å². The zero-order valence-corrected chi connectivity index (χ0v) is 35.1. The predicted octanol–water partition coefficient (Wildman–Crippen LogP) is 17.6. The van der Waals surface area contributed by atoms with Gasteiger partial charge in [0.15, 0.2) is 34.4 Å². The lowest BCUT2D eigenvalue weighted by molar-refractivity contribution is 0.461. The molecule has 0 bridgehead atoms. The van der Waals surface area contributed by atoms with Gasteiger partial charge in [0.2, 0.25) is 0 Å². The summed E-state index contributed by atoms with van der Waals surface area (Å²) < 4.78 is 87.5. The summed E-state index contributed by atoms with van der Waals surface area (Å²) in [5, 5.41) is 4.34. The highest BCUT2D eigenvalue weighted by molar-refractivity contribution is 6.13. The van der Waals surface area contributed by atoms with Crippen molar-refractivity contribution in [2.24, 2.45) is 0 Å². The van der Waals surface area contributed by atoms with Crippen LogP contribution in [0.5, 0.6) is 11.5 Å². The number of hydrogen-bond donors (Lipinski definition) is 0. The first-order valence-electron chi connectivity index (χ1n) is 21.7. The summed E-state index contributed by atoms with van der Waals surface area (Å²) in [4.78, 5) is 3.28. The molecule has 0 saturated heterocycles. The summed E-state index contributed by atoms with van der Waals surface area (Å²) in [6.45, 7) is 0. The molecule has 9 heteroatoms. The molecule has 13 rings (SSSR count). The predicted molar refractivity (Wildman–Crippen MR) is 259 cm³/mol. The Hall–Kier alpha value is -8.82. The molecule has 12 aromatic rings. The number of benzene rings is 10. The first kappa shape index (κ1) is 38.6. The van der Waals surface area contributed by atoms with Crippen LogP contribution in [0.25, 0.3) is 76.9 Å². The van der Waals surface area contributed by atoms with Gasteiger partial charge in [-0.05, 0) is 83.2 Å². The number of nitrogens with zero attached hydrogens (tertiary/aromatic N) is 2. The minimum absolute atomic E-state index is 0.0385. The van der Waals surface area contributed by atoms with Crippen LogP contribution in [-0.2, 0) is 0 Å². The van der Waals surface area contributed by atoms with Crippen LogP contribution in [0.3, 0.4) is 0 Å². The van der Waals surface area contributed by atoms with Gasteiger partial charge in [0.05, 0.1) is 22.6 Å². The van der Waals surface area contributed by atoms with Gasteiger partial charge in [-0.1, -0.05) is 121 Å². The number of furan rings is 2. The molecular weight excluding hydrogens is 849 g/mol. The van der Waals surface area contributed by atoms with Gasteiger partial charge in [-0.3, -0.25) is 0 Å². The quantitative estimate of drug-likeness (QED) is 0.118. The van der Waals surface area contributed by atoms with Crippen LogP contribution >= 0.6 is 0 Å². The summed E-state index contributed by atoms with van der Waals surface area (Å²) >= 11 is 0. The first-order chi connectivity index (χ1) is 32.9. The molecule has 320 valence electrons. The van der Waals surface area contributed by atoms with E-state index in [4.69, 9.17) is 13.6 Å². The Morgan fingerprint density at radius 3 is 1.46 bits per heavy atom. The molecule has 10 aromatic carbocycles. The number of rotatable bonds is 7. The van der Waals surface area contributed by atoms with Gasteiger partial charge >= 0.3 is 0 Å². The van der Waals surface area contributed by atoms with Crippen molar-refractivity contribution >= 4 is 88.8 Å². The third-order valence-electron chi connectivity index (χ3n) is 12.7. The Labute approximate surface area is 379 Å². The molecule has 0 unspecified atom stereocenters. The van der Waals surface area contributed by atoms with Crippen molar-refractivity contribution in [3.63, 3.8) is 0 Å². The van der Waals surface area contributed by atoms with E-state index in [2.05, 4.69) is 4.90 Å². The van der Waals surface area contributed by atoms with Gasteiger partial charge in [0.1, 0.15) is 28.4 Å². The zero-order chi connectivity index (χ0) is 44.9. The van der Waals surface area contributed by atoms with Crippen LogP contribution in [0.4, 0.5) is 51.7 Å². The van der Waals surface area contributed by atoms with E-state index in [1.54, 1.807) is 72.8 Å². The highest BCUT2D eigenvalue weighted by atomic mass is 19.2. The fourth-order valence-electron chi connectivity index (χ4n) is 9.82. The van der Waals surface area contributed by atoms with Crippen molar-refractivity contribution < 1.29 is 31.1 Å². The molecule has 0 radical (unpaired) electrons. The summed E-state index contributed by atoms with van der Waals surface area (Å²) in [5.74, 6) is -5.27. The average molecular weight is 881 g/mol. The molecule has 0 fully saturated rings. The second-order valence-corrected chi connectivity index (χ2v) is 16.4. The Kier molecular flexibility index (Phi) is 8.57. The summed E-state index contributed by atoms with van der Waals surface area (Å²) in [7, 11) is 0. The maximum atomic E-state index is 17.0. The van der Waals surface area contributed by atoms with Crippen LogP contribution < -0.4 is 14.5 Å². The van der Waals surface area contributed by atoms with Crippen molar-refractivity contribution in [2.45, 2.75) is 0 Å². The summed E-state index contributed by atoms with van der Waals surface area (Å²) in [5.41, 5.74) is 4.98. The molecule has 3 heterocycles. The third kappa shape index (κ3) is 5.81. The Morgan fingerprint density at radius 1 is 0.343 bits per heavy atom. The van der Waals surface area contributed by atoms with E-state index < -0.39 is 34.5 Å². The standard InChI is InChI=1S/C58H32F4N2O3/c59-52-51(53(60)55(62)56(54(52)61)64(34-16-5-2-6-17-34)45-24-12-22-43-37-19-8-10-26-47(37)67-58(43)45)41-31-30-40-38-29-28-35(32-49(38)65-48-27-13-20-39(41)50(40)48)63(33-14-3-1-4-15-33)44-23-11-21-42-36-18-7-9-25-46(36)66-57(42)44/h1-32H. The second-order valence-electron chi connectivity index (χ2n) is 16.4. The molecule has 2 aromatic heterocycles. The molecular formula is C58H32F4N2O3. The lowest BCUT2D eigenvalue weighted by Gasteiger charge is -2.28. The minimum Gasteiger partial charge on any atom is -0.456 e. The van der Waals surface area contributed by atoms with Crippen molar-refractivity contribution in [2.75, 3.05) is 9.80 Å². The van der Waals surface area contributed by atoms with E-state index in [0.29, 0.717) is 38.8 Å². The number of halogens is 4. The lowest BCUT2D eigenvalue weighted by atomic mass is 9.89. The van der Waals surface area contributed by atoms with E-state index in [9.17, 15) is 0 Å². The monoisotopic (exact) mass is 880 g/mol. The second kappa shape index (κ2) is 14.9. The number of anilines is 6. The van der Waals surface area contributed by atoms with E-state index in [1.807, 2.05) is 115 Å². The van der Waals surface area contributed by atoms with Gasteiger partial charge < -0.3 is 23.4 Å². The number of ether oxygens (including phenoxy) is 1. The van der Waals surface area contributed by atoms with Crippen LogP contribution in [0.15, 0.2) is 203 Å². The largest absolute Gasteiger partial charge is 0.456 e. The number of fused-ring (bicyclic) bond motifs is 8. The van der Waals surface area contributed by atoms with Gasteiger partial charge in [-0.25, -0.2) is 17.6 Å². The number of para-hydroxylation sites is 6. The SMILES string of the molecule is Fc1c(F)c(N(c2ccccc2)c2cccc3c2oc2ccccc23)c(F)c(F)c1-c1ccc2c3c(cccc13)Oc1cc(N(c3ccccc3)c3cccc4c3oc3ccccc34)ccc1-2. The third-order valence-corrected chi connectivity index (χ3v) is 12.7. The molecule has 0 saturated carbocycles. The topological polar surface area (TPSA) is 42.0 Å². The Bertz CT molecular complexity index is 3950. The van der Waals surface area contributed by atoms with Crippen molar-refractivity contribution in [3.05, 3.63) is 217 Å². The minimum atomic E-state index is -1.57. The zero-order valence-electron chi connectivity index (χ0n) is 35.1. The fourth-order valence-corrected chi connectivity index (χ4v) is 9.82. The average Bonchev–Trinajstić information content (AvgIpc) is 3.95. The molecule has 1 aliphatic heterocycles. The molecule has 0 amide bonds. The molecule has 0 aliphatic carbocycles. The fraction of sp³-hybridized carbons (Fsp3) is 0. The van der Waals surface area contributed by atoms with Gasteiger partial charge in [-0.2, -0.15) is 0 Å². The maximum Gasteiger partial charge on any atom is 0.186 e. The van der Waals surface area contributed by atoms with Crippen molar-refractivity contribution in [3.8, 4) is 33.8 Å². The highest BCUT2D eigenvalue weighted by Gasteiger charge is 2.34. The van der Waals surface area contributed by atoms with E-state index >= 15 is 17.6 Å². The molecule has 1 aliphatic rings. The Balaban J connectivity index is 0.946. The van der Waals surface area contributed by atoms with Crippen molar-refractivity contribution in [1.29, 1.82) is 0 Å². The molecule has 0 atom stereocenters. The number of hydrogen-bond acceptors (Lipinski definition) is 5. The summed E-state index contributed by atoms with van der Waals surface area (Å²) in [6, 6.07) is 59.0. The molecule has 0 N–H and O–H groups in total. The van der Waals surface area contributed by atoms with Crippen LogP contribution in [-0.4, -0.2) is 0 Å². The molecule has 0 spiro atoms. The Morgan fingerprint density at radius 2 is 0.836 bits per heavy atom. The van der Waals surface area contributed by atoms with E-state index in [1.165, 1.54) is 6.07 Å². The summed E-state index contributed by atoms with van der Waals surface area (Å²) in [6.07, 6.45) is 0. The van der Waals surface area contributed by atoms with E-state index in [0.717, 1.165) is 60.4 Å². The van der Waals surface area contributed by atoms with Gasteiger partial charge in [0.25, 0.3) is 0 Å².